The highest BCUT2D eigenvalue weighted by atomic mass is 35.5. The zero-order chi connectivity index (χ0) is 16.2. The highest BCUT2D eigenvalue weighted by molar-refractivity contribution is 6.30. The Balaban J connectivity index is 1.43. The summed E-state index contributed by atoms with van der Waals surface area (Å²) in [4.78, 5) is 26.4. The molecule has 1 aliphatic carbocycles. The Morgan fingerprint density at radius 2 is 1.87 bits per heavy atom. The first kappa shape index (κ1) is 16.3. The van der Waals surface area contributed by atoms with Gasteiger partial charge in [0, 0.05) is 30.6 Å². The molecule has 5 heteroatoms. The predicted octanol–water partition coefficient (Wildman–Crippen LogP) is 2.65. The standard InChI is InChI=1S/C18H23ClN2O2/c19-16-7-3-13(4-8-16)9-10-20-17(22)15-2-1-11-21(12-15)18(23)14-5-6-14/h3-4,7-8,14-15H,1-2,5-6,9-12H2,(H,20,22). The van der Waals surface area contributed by atoms with E-state index in [1.807, 2.05) is 29.2 Å². The first-order chi connectivity index (χ1) is 11.1. The van der Waals surface area contributed by atoms with E-state index in [1.165, 1.54) is 0 Å². The van der Waals surface area contributed by atoms with Crippen molar-refractivity contribution in [2.24, 2.45) is 11.8 Å². The van der Waals surface area contributed by atoms with Gasteiger partial charge in [0.25, 0.3) is 0 Å². The zero-order valence-electron chi connectivity index (χ0n) is 13.3. The van der Waals surface area contributed by atoms with Crippen LogP contribution in [-0.2, 0) is 16.0 Å². The third-order valence-electron chi connectivity index (χ3n) is 4.66. The summed E-state index contributed by atoms with van der Waals surface area (Å²) in [5.41, 5.74) is 1.16. The minimum Gasteiger partial charge on any atom is -0.355 e. The maximum Gasteiger partial charge on any atom is 0.225 e. The van der Waals surface area contributed by atoms with Crippen LogP contribution in [0.25, 0.3) is 0 Å². The fourth-order valence-electron chi connectivity index (χ4n) is 3.11. The molecular formula is C18H23ClN2O2. The molecule has 0 radical (unpaired) electrons. The van der Waals surface area contributed by atoms with Crippen LogP contribution in [0.4, 0.5) is 0 Å². The van der Waals surface area contributed by atoms with Gasteiger partial charge in [-0.2, -0.15) is 0 Å². The number of carbonyl (C=O) groups excluding carboxylic acids is 2. The predicted molar refractivity (Wildman–Crippen MR) is 90.2 cm³/mol. The molecule has 1 N–H and O–H groups in total. The lowest BCUT2D eigenvalue weighted by atomic mass is 9.96. The second-order valence-corrected chi connectivity index (χ2v) is 7.00. The molecule has 23 heavy (non-hydrogen) atoms. The zero-order valence-corrected chi connectivity index (χ0v) is 14.0. The van der Waals surface area contributed by atoms with Crippen LogP contribution in [0.1, 0.15) is 31.2 Å². The van der Waals surface area contributed by atoms with E-state index >= 15 is 0 Å². The summed E-state index contributed by atoms with van der Waals surface area (Å²) in [6.07, 6.45) is 4.63. The molecule has 0 aromatic heterocycles. The Kier molecular flexibility index (Phi) is 5.21. The van der Waals surface area contributed by atoms with Crippen molar-refractivity contribution in [1.29, 1.82) is 0 Å². The van der Waals surface area contributed by atoms with Crippen LogP contribution in [0.15, 0.2) is 24.3 Å². The maximum atomic E-state index is 12.3. The van der Waals surface area contributed by atoms with Crippen molar-refractivity contribution in [3.05, 3.63) is 34.9 Å². The van der Waals surface area contributed by atoms with E-state index in [9.17, 15) is 9.59 Å². The molecule has 0 spiro atoms. The molecule has 1 atom stereocenters. The fraction of sp³-hybridized carbons (Fsp3) is 0.556. The van der Waals surface area contributed by atoms with Gasteiger partial charge in [-0.15, -0.1) is 0 Å². The van der Waals surface area contributed by atoms with E-state index in [0.717, 1.165) is 49.2 Å². The van der Waals surface area contributed by atoms with Crippen molar-refractivity contribution in [3.63, 3.8) is 0 Å². The number of nitrogens with one attached hydrogen (secondary N) is 1. The third kappa shape index (κ3) is 4.47. The number of hydrogen-bond donors (Lipinski definition) is 1. The van der Waals surface area contributed by atoms with Crippen LogP contribution < -0.4 is 5.32 Å². The number of halogens is 1. The molecule has 3 rings (SSSR count). The average molecular weight is 335 g/mol. The van der Waals surface area contributed by atoms with Gasteiger partial charge in [0.05, 0.1) is 5.92 Å². The highest BCUT2D eigenvalue weighted by Gasteiger charge is 2.36. The van der Waals surface area contributed by atoms with Gasteiger partial charge in [-0.3, -0.25) is 9.59 Å². The van der Waals surface area contributed by atoms with Crippen LogP contribution in [0, 0.1) is 11.8 Å². The lowest BCUT2D eigenvalue weighted by Gasteiger charge is -2.32. The summed E-state index contributed by atoms with van der Waals surface area (Å²) in [7, 11) is 0. The van der Waals surface area contributed by atoms with Crippen molar-refractivity contribution in [3.8, 4) is 0 Å². The molecule has 1 unspecified atom stereocenters. The summed E-state index contributed by atoms with van der Waals surface area (Å²) in [6.45, 7) is 2.01. The van der Waals surface area contributed by atoms with Gasteiger partial charge < -0.3 is 10.2 Å². The molecular weight excluding hydrogens is 312 g/mol. The van der Waals surface area contributed by atoms with Gasteiger partial charge in [-0.25, -0.2) is 0 Å². The molecule has 0 bridgehead atoms. The summed E-state index contributed by atoms with van der Waals surface area (Å²) in [5.74, 6) is 0.509. The molecule has 1 heterocycles. The molecule has 1 aliphatic heterocycles. The van der Waals surface area contributed by atoms with Crippen molar-refractivity contribution >= 4 is 23.4 Å². The fourth-order valence-corrected chi connectivity index (χ4v) is 3.23. The van der Waals surface area contributed by atoms with Gasteiger partial charge in [0.1, 0.15) is 0 Å². The Hall–Kier alpha value is -1.55. The van der Waals surface area contributed by atoms with E-state index in [0.29, 0.717) is 13.1 Å². The summed E-state index contributed by atoms with van der Waals surface area (Å²) < 4.78 is 0. The minimum absolute atomic E-state index is 0.0586. The maximum absolute atomic E-state index is 12.3. The van der Waals surface area contributed by atoms with E-state index in [4.69, 9.17) is 11.6 Å². The molecule has 1 aromatic rings. The summed E-state index contributed by atoms with van der Waals surface area (Å²) in [5, 5.41) is 3.73. The van der Waals surface area contributed by atoms with Gasteiger partial charge in [-0.1, -0.05) is 23.7 Å². The molecule has 1 saturated heterocycles. The monoisotopic (exact) mass is 334 g/mol. The molecule has 1 saturated carbocycles. The van der Waals surface area contributed by atoms with Gasteiger partial charge >= 0.3 is 0 Å². The van der Waals surface area contributed by atoms with Crippen LogP contribution in [0.2, 0.25) is 5.02 Å². The molecule has 124 valence electrons. The van der Waals surface area contributed by atoms with Crippen molar-refractivity contribution in [2.45, 2.75) is 32.1 Å². The van der Waals surface area contributed by atoms with E-state index in [1.54, 1.807) is 0 Å². The number of hydrogen-bond acceptors (Lipinski definition) is 2. The smallest absolute Gasteiger partial charge is 0.225 e. The number of likely N-dealkylation sites (tertiary alicyclic amines) is 1. The first-order valence-corrected chi connectivity index (χ1v) is 8.82. The van der Waals surface area contributed by atoms with Gasteiger partial charge in [0.2, 0.25) is 11.8 Å². The third-order valence-corrected chi connectivity index (χ3v) is 4.91. The Labute approximate surface area is 142 Å². The van der Waals surface area contributed by atoms with Crippen molar-refractivity contribution < 1.29 is 9.59 Å². The van der Waals surface area contributed by atoms with Crippen LogP contribution in [-0.4, -0.2) is 36.3 Å². The van der Waals surface area contributed by atoms with Crippen LogP contribution >= 0.6 is 11.6 Å². The number of piperidine rings is 1. The van der Waals surface area contributed by atoms with Gasteiger partial charge in [-0.05, 0) is 49.8 Å². The lowest BCUT2D eigenvalue weighted by molar-refractivity contribution is -0.136. The molecule has 2 fully saturated rings. The SMILES string of the molecule is O=C(NCCc1ccc(Cl)cc1)C1CCCN(C(=O)C2CC2)C1. The van der Waals surface area contributed by atoms with Gasteiger partial charge in [0.15, 0.2) is 0 Å². The average Bonchev–Trinajstić information content (AvgIpc) is 3.41. The lowest BCUT2D eigenvalue weighted by Crippen LogP contribution is -2.46. The topological polar surface area (TPSA) is 49.4 Å². The molecule has 2 amide bonds. The number of amides is 2. The molecule has 4 nitrogen and oxygen atoms in total. The number of carbonyl (C=O) groups is 2. The first-order valence-electron chi connectivity index (χ1n) is 8.44. The Bertz CT molecular complexity index is 569. The second kappa shape index (κ2) is 7.35. The largest absolute Gasteiger partial charge is 0.355 e. The normalized spacial score (nSPS) is 21.1. The van der Waals surface area contributed by atoms with E-state index < -0.39 is 0 Å². The van der Waals surface area contributed by atoms with E-state index in [2.05, 4.69) is 5.32 Å². The number of nitrogens with zero attached hydrogens (tertiary/aromatic N) is 1. The van der Waals surface area contributed by atoms with Crippen LogP contribution in [0.3, 0.4) is 0 Å². The molecule has 1 aromatic carbocycles. The summed E-state index contributed by atoms with van der Waals surface area (Å²) in [6, 6.07) is 7.68. The van der Waals surface area contributed by atoms with E-state index in [-0.39, 0.29) is 23.7 Å². The summed E-state index contributed by atoms with van der Waals surface area (Å²) >= 11 is 5.86. The highest BCUT2D eigenvalue weighted by Crippen LogP contribution is 2.32. The quantitative estimate of drug-likeness (QED) is 0.900. The minimum atomic E-state index is -0.0586. The van der Waals surface area contributed by atoms with Crippen molar-refractivity contribution in [1.82, 2.24) is 10.2 Å². The Morgan fingerprint density at radius 1 is 1.13 bits per heavy atom. The molecule has 2 aliphatic rings. The van der Waals surface area contributed by atoms with Crippen LogP contribution in [0.5, 0.6) is 0 Å². The Morgan fingerprint density at radius 3 is 2.57 bits per heavy atom. The number of rotatable bonds is 5. The second-order valence-electron chi connectivity index (χ2n) is 6.57. The number of benzene rings is 1. The van der Waals surface area contributed by atoms with Crippen molar-refractivity contribution in [2.75, 3.05) is 19.6 Å².